The van der Waals surface area contributed by atoms with Crippen LogP contribution in [0.25, 0.3) is 83.9 Å². The summed E-state index contributed by atoms with van der Waals surface area (Å²) in [5.41, 5.74) is 4.69. The smallest absolute Gasteiger partial charge is 0.309 e. The predicted molar refractivity (Wildman–Crippen MR) is 221 cm³/mol. The number of aryl methyl sites for hydroxylation is 2. The molecule has 0 N–H and O–H groups in total. The molecule has 10 heteroatoms. The number of aromatic nitrogens is 4. The second kappa shape index (κ2) is 14.4. The van der Waals surface area contributed by atoms with Crippen molar-refractivity contribution in [2.24, 2.45) is 0 Å². The third kappa shape index (κ3) is 7.01. The molecule has 59 heavy (non-hydrogen) atoms. The zero-order chi connectivity index (χ0) is 41.1. The number of hydrogen-bond donors (Lipinski definition) is 0. The Balaban J connectivity index is 1.36. The minimum absolute atomic E-state index is 0.00393. The van der Waals surface area contributed by atoms with Crippen LogP contribution >= 0.6 is 0 Å². The molecular formula is C49H32F6N4. The molecule has 0 spiro atoms. The van der Waals surface area contributed by atoms with Gasteiger partial charge >= 0.3 is 12.4 Å². The number of halogens is 6. The van der Waals surface area contributed by atoms with Gasteiger partial charge in [0.25, 0.3) is 0 Å². The first-order valence-corrected chi connectivity index (χ1v) is 18.7. The molecule has 0 radical (unpaired) electrons. The molecule has 0 unspecified atom stereocenters. The lowest BCUT2D eigenvalue weighted by molar-refractivity contribution is -0.142. The largest absolute Gasteiger partial charge is 0.417 e. The summed E-state index contributed by atoms with van der Waals surface area (Å²) in [4.78, 5) is 14.5. The normalized spacial score (nSPS) is 12.1. The molecule has 0 fully saturated rings. The maximum absolute atomic E-state index is 14.9. The highest BCUT2D eigenvalue weighted by molar-refractivity contribution is 6.10. The van der Waals surface area contributed by atoms with E-state index < -0.39 is 29.0 Å². The Bertz CT molecular complexity index is 2980. The number of hydrogen-bond acceptors (Lipinski definition) is 3. The maximum atomic E-state index is 14.9. The second-order valence-electron chi connectivity index (χ2n) is 14.4. The summed E-state index contributed by atoms with van der Waals surface area (Å²) in [7, 11) is 0. The van der Waals surface area contributed by atoms with E-state index in [4.69, 9.17) is 15.0 Å². The number of para-hydroxylation sites is 1. The molecule has 0 saturated carbocycles. The Morgan fingerprint density at radius 1 is 0.424 bits per heavy atom. The van der Waals surface area contributed by atoms with E-state index in [0.29, 0.717) is 22.9 Å². The van der Waals surface area contributed by atoms with Crippen LogP contribution in [0.5, 0.6) is 0 Å². The van der Waals surface area contributed by atoms with E-state index in [9.17, 15) is 26.3 Å². The van der Waals surface area contributed by atoms with Crippen LogP contribution < -0.4 is 0 Å². The number of alkyl halides is 6. The zero-order valence-corrected chi connectivity index (χ0v) is 31.6. The zero-order valence-electron chi connectivity index (χ0n) is 31.6. The fourth-order valence-corrected chi connectivity index (χ4v) is 7.76. The molecular weight excluding hydrogens is 759 g/mol. The van der Waals surface area contributed by atoms with E-state index >= 15 is 0 Å². The van der Waals surface area contributed by atoms with Gasteiger partial charge in [0.05, 0.1) is 22.2 Å². The Labute approximate surface area is 335 Å². The minimum Gasteiger partial charge on any atom is -0.309 e. The molecule has 290 valence electrons. The highest BCUT2D eigenvalue weighted by atomic mass is 19.4. The van der Waals surface area contributed by atoms with Crippen molar-refractivity contribution < 1.29 is 26.3 Å². The first-order chi connectivity index (χ1) is 28.3. The summed E-state index contributed by atoms with van der Waals surface area (Å²) < 4.78 is 88.3. The van der Waals surface area contributed by atoms with Crippen molar-refractivity contribution in [2.75, 3.05) is 0 Å². The lowest BCUT2D eigenvalue weighted by Crippen LogP contribution is -2.12. The predicted octanol–water partition coefficient (Wildman–Crippen LogP) is 14.0. The third-order valence-corrected chi connectivity index (χ3v) is 10.5. The summed E-state index contributed by atoms with van der Waals surface area (Å²) in [6.07, 6.45) is -10.1. The molecule has 0 aliphatic rings. The molecule has 4 nitrogen and oxygen atoms in total. The van der Waals surface area contributed by atoms with Crippen LogP contribution in [0.2, 0.25) is 0 Å². The van der Waals surface area contributed by atoms with Crippen LogP contribution in [0.3, 0.4) is 0 Å². The molecule has 9 aromatic rings. The van der Waals surface area contributed by atoms with E-state index in [1.54, 1.807) is 12.1 Å². The first kappa shape index (κ1) is 37.5. The van der Waals surface area contributed by atoms with E-state index in [1.165, 1.54) is 6.07 Å². The van der Waals surface area contributed by atoms with Crippen molar-refractivity contribution >= 4 is 21.8 Å². The fraction of sp³-hybridized carbons (Fsp3) is 0.0816. The molecule has 0 atom stereocenters. The summed E-state index contributed by atoms with van der Waals surface area (Å²) in [6.45, 7) is 4.10. The van der Waals surface area contributed by atoms with Crippen LogP contribution in [0.4, 0.5) is 26.3 Å². The van der Waals surface area contributed by atoms with Gasteiger partial charge in [-0.2, -0.15) is 26.3 Å². The average molecular weight is 791 g/mol. The molecule has 0 bridgehead atoms. The lowest BCUT2D eigenvalue weighted by Gasteiger charge is -2.19. The number of rotatable bonds is 6. The summed E-state index contributed by atoms with van der Waals surface area (Å²) in [5.74, 6) is 0.577. The summed E-state index contributed by atoms with van der Waals surface area (Å²) >= 11 is 0. The highest BCUT2D eigenvalue weighted by Gasteiger charge is 2.39. The standard InChI is InChI=1S/C49H32F6N4/c1-29-17-21-36(30(2)25-29)33-18-22-40-39-15-9-10-16-43(39)59(44(40)26-33)35-20-24-37(38-23-19-34(48(50,51)52)27-42(38)49(53,54)55)41(28-35)47-57-45(31-11-5-3-6-12-31)56-46(58-47)32-13-7-4-8-14-32/h3-28H,1-2H3. The van der Waals surface area contributed by atoms with Crippen LogP contribution in [-0.2, 0) is 12.4 Å². The molecule has 7 aromatic carbocycles. The van der Waals surface area contributed by atoms with E-state index in [-0.39, 0.29) is 34.7 Å². The van der Waals surface area contributed by atoms with Gasteiger partial charge < -0.3 is 4.57 Å². The lowest BCUT2D eigenvalue weighted by atomic mass is 9.92. The van der Waals surface area contributed by atoms with E-state index in [1.807, 2.05) is 96.4 Å². The third-order valence-electron chi connectivity index (χ3n) is 10.5. The topological polar surface area (TPSA) is 43.6 Å². The highest BCUT2D eigenvalue weighted by Crippen LogP contribution is 2.45. The Morgan fingerprint density at radius 3 is 1.66 bits per heavy atom. The van der Waals surface area contributed by atoms with E-state index in [2.05, 4.69) is 43.3 Å². The Hall–Kier alpha value is -7.07. The van der Waals surface area contributed by atoms with E-state index in [0.717, 1.165) is 50.1 Å². The van der Waals surface area contributed by atoms with Crippen molar-refractivity contribution in [2.45, 2.75) is 26.2 Å². The number of fused-ring (bicyclic) bond motifs is 3. The summed E-state index contributed by atoms with van der Waals surface area (Å²) in [6, 6.07) is 45.2. The van der Waals surface area contributed by atoms with Crippen molar-refractivity contribution in [1.82, 2.24) is 19.5 Å². The van der Waals surface area contributed by atoms with Gasteiger partial charge in [0.2, 0.25) is 0 Å². The van der Waals surface area contributed by atoms with Gasteiger partial charge in [-0.1, -0.05) is 127 Å². The molecule has 0 saturated heterocycles. The first-order valence-electron chi connectivity index (χ1n) is 18.7. The van der Waals surface area contributed by atoms with Gasteiger partial charge in [0, 0.05) is 33.2 Å². The Morgan fingerprint density at radius 2 is 1.02 bits per heavy atom. The molecule has 0 aliphatic heterocycles. The van der Waals surface area contributed by atoms with Gasteiger partial charge in [-0.15, -0.1) is 0 Å². The van der Waals surface area contributed by atoms with Crippen molar-refractivity contribution in [3.8, 4) is 62.1 Å². The summed E-state index contributed by atoms with van der Waals surface area (Å²) in [5, 5.41) is 1.92. The average Bonchev–Trinajstić information content (AvgIpc) is 3.57. The Kier molecular flexibility index (Phi) is 9.15. The molecule has 0 aliphatic carbocycles. The molecule has 2 heterocycles. The molecule has 0 amide bonds. The van der Waals surface area contributed by atoms with Gasteiger partial charge in [0.15, 0.2) is 17.5 Å². The SMILES string of the molecule is Cc1ccc(-c2ccc3c4ccccc4n(-c4ccc(-c5ccc(C(F)(F)F)cc5C(F)(F)F)c(-c5nc(-c6ccccc6)nc(-c6ccccc6)n5)c4)c3c2)c(C)c1. The second-order valence-corrected chi connectivity index (χ2v) is 14.4. The van der Waals surface area contributed by atoms with Crippen molar-refractivity contribution in [3.63, 3.8) is 0 Å². The number of nitrogens with zero attached hydrogens (tertiary/aromatic N) is 4. The van der Waals surface area contributed by atoms with Gasteiger partial charge in [-0.25, -0.2) is 15.0 Å². The van der Waals surface area contributed by atoms with Crippen molar-refractivity contribution in [1.29, 1.82) is 0 Å². The van der Waals surface area contributed by atoms with Crippen LogP contribution in [0.1, 0.15) is 22.3 Å². The van der Waals surface area contributed by atoms with Crippen molar-refractivity contribution in [3.05, 3.63) is 180 Å². The van der Waals surface area contributed by atoms with Crippen LogP contribution in [0, 0.1) is 13.8 Å². The van der Waals surface area contributed by atoms with Crippen LogP contribution in [0.15, 0.2) is 158 Å². The van der Waals surface area contributed by atoms with Crippen LogP contribution in [-0.4, -0.2) is 19.5 Å². The monoisotopic (exact) mass is 790 g/mol. The minimum atomic E-state index is -5.13. The number of benzene rings is 7. The van der Waals surface area contributed by atoms with Gasteiger partial charge in [-0.3, -0.25) is 0 Å². The maximum Gasteiger partial charge on any atom is 0.417 e. The molecule has 2 aromatic heterocycles. The fourth-order valence-electron chi connectivity index (χ4n) is 7.76. The quantitative estimate of drug-likeness (QED) is 0.158. The van der Waals surface area contributed by atoms with Gasteiger partial charge in [0.1, 0.15) is 0 Å². The van der Waals surface area contributed by atoms with Gasteiger partial charge in [-0.05, 0) is 78.1 Å². The molecule has 9 rings (SSSR count).